The van der Waals surface area contributed by atoms with Gasteiger partial charge in [-0.15, -0.1) is 0 Å². The first kappa shape index (κ1) is 17.2. The van der Waals surface area contributed by atoms with Crippen molar-refractivity contribution in [3.63, 3.8) is 0 Å². The number of aromatic nitrogens is 2. The van der Waals surface area contributed by atoms with Crippen LogP contribution in [0, 0.1) is 5.95 Å². The van der Waals surface area contributed by atoms with Crippen LogP contribution in [0.25, 0.3) is 0 Å². The molecule has 0 saturated heterocycles. The van der Waals surface area contributed by atoms with Gasteiger partial charge in [0, 0.05) is 0 Å². The number of imidazole rings is 1. The molecule has 1 atom stereocenters. The normalized spacial score (nSPS) is 12.9. The van der Waals surface area contributed by atoms with E-state index in [2.05, 4.69) is 4.98 Å². The molecule has 0 aliphatic carbocycles. The lowest BCUT2D eigenvalue weighted by molar-refractivity contribution is -0.0147. The van der Waals surface area contributed by atoms with Crippen molar-refractivity contribution in [2.45, 2.75) is 52.2 Å². The molecule has 4 nitrogen and oxygen atoms in total. The number of carbonyl (C=O) groups is 1. The highest BCUT2D eigenvalue weighted by atomic mass is 19.1. The Hall–Kier alpha value is -2.17. The molecule has 5 heteroatoms. The molecule has 0 saturated carbocycles. The Morgan fingerprint density at radius 2 is 1.91 bits per heavy atom. The minimum absolute atomic E-state index is 0.130. The molecular weight excluding hydrogens is 295 g/mol. The Morgan fingerprint density at radius 3 is 2.48 bits per heavy atom. The zero-order chi connectivity index (χ0) is 17.0. The zero-order valence-electron chi connectivity index (χ0n) is 14.0. The number of hydrogen-bond acceptors (Lipinski definition) is 3. The highest BCUT2D eigenvalue weighted by molar-refractivity contribution is 5.88. The fourth-order valence-electron chi connectivity index (χ4n) is 2.38. The number of benzene rings is 1. The monoisotopic (exact) mass is 318 g/mol. The quantitative estimate of drug-likeness (QED) is 0.743. The first-order valence-corrected chi connectivity index (χ1v) is 7.92. The van der Waals surface area contributed by atoms with E-state index in [1.807, 2.05) is 58.0 Å². The number of rotatable bonds is 6. The Labute approximate surface area is 136 Å². The predicted molar refractivity (Wildman–Crippen MR) is 86.8 cm³/mol. The molecule has 0 aliphatic rings. The molecule has 0 aliphatic heterocycles. The maximum Gasteiger partial charge on any atom is 0.360 e. The average Bonchev–Trinajstić information content (AvgIpc) is 2.96. The van der Waals surface area contributed by atoms with E-state index < -0.39 is 17.5 Å². The molecule has 1 aromatic carbocycles. The van der Waals surface area contributed by atoms with Crippen molar-refractivity contribution in [2.75, 3.05) is 0 Å². The lowest BCUT2D eigenvalue weighted by Crippen LogP contribution is -2.31. The number of ether oxygens (including phenoxy) is 1. The van der Waals surface area contributed by atoms with E-state index in [9.17, 15) is 9.18 Å². The van der Waals surface area contributed by atoms with Crippen LogP contribution in [-0.2, 0) is 4.74 Å². The molecule has 0 fully saturated rings. The second-order valence-corrected chi connectivity index (χ2v) is 5.92. The molecule has 1 heterocycles. The van der Waals surface area contributed by atoms with E-state index in [-0.39, 0.29) is 11.7 Å². The molecule has 0 amide bonds. The fraction of sp³-hybridized carbons (Fsp3) is 0.444. The van der Waals surface area contributed by atoms with Crippen molar-refractivity contribution in [3.8, 4) is 0 Å². The third kappa shape index (κ3) is 3.60. The van der Waals surface area contributed by atoms with Crippen LogP contribution in [0.5, 0.6) is 0 Å². The van der Waals surface area contributed by atoms with Gasteiger partial charge in [-0.05, 0) is 32.3 Å². The van der Waals surface area contributed by atoms with Crippen LogP contribution in [0.4, 0.5) is 4.39 Å². The Bertz CT molecular complexity index is 663. The van der Waals surface area contributed by atoms with Crippen molar-refractivity contribution in [2.24, 2.45) is 0 Å². The second kappa shape index (κ2) is 6.94. The molecular formula is C18H23FN2O2. The number of carbonyl (C=O) groups excluding carboxylic acids is 1. The van der Waals surface area contributed by atoms with Crippen LogP contribution < -0.4 is 0 Å². The van der Waals surface area contributed by atoms with Gasteiger partial charge >= 0.3 is 5.97 Å². The van der Waals surface area contributed by atoms with Crippen LogP contribution in [0.15, 0.2) is 36.7 Å². The van der Waals surface area contributed by atoms with Gasteiger partial charge in [-0.2, -0.15) is 4.39 Å². The molecule has 2 aromatic rings. The maximum atomic E-state index is 14.1. The zero-order valence-corrected chi connectivity index (χ0v) is 14.0. The molecule has 124 valence electrons. The van der Waals surface area contributed by atoms with Crippen LogP contribution in [0.1, 0.15) is 62.6 Å². The molecule has 2 rings (SSSR count). The van der Waals surface area contributed by atoms with Gasteiger partial charge in [0.15, 0.2) is 5.69 Å². The highest BCUT2D eigenvalue weighted by Gasteiger charge is 2.30. The molecule has 0 unspecified atom stereocenters. The van der Waals surface area contributed by atoms with Crippen LogP contribution in [0.3, 0.4) is 0 Å². The van der Waals surface area contributed by atoms with Crippen molar-refractivity contribution in [3.05, 3.63) is 53.9 Å². The standard InChI is InChI=1S/C18H23FN2O2/c1-5-18(4,6-2)23-17(22)15-16(19)20-12-21(15)13(3)14-10-8-7-9-11-14/h7-13H,5-6H2,1-4H3/t13-/m1/s1. The van der Waals surface area contributed by atoms with Crippen LogP contribution >= 0.6 is 0 Å². The predicted octanol–water partition coefficient (Wildman–Crippen LogP) is 4.37. The van der Waals surface area contributed by atoms with E-state index in [1.165, 1.54) is 10.9 Å². The van der Waals surface area contributed by atoms with Crippen molar-refractivity contribution >= 4 is 5.97 Å². The van der Waals surface area contributed by atoms with Gasteiger partial charge in [-0.25, -0.2) is 9.78 Å². The summed E-state index contributed by atoms with van der Waals surface area (Å²) < 4.78 is 21.2. The Morgan fingerprint density at radius 1 is 1.30 bits per heavy atom. The summed E-state index contributed by atoms with van der Waals surface area (Å²) in [5.41, 5.74) is 0.233. The van der Waals surface area contributed by atoms with Gasteiger partial charge in [0.25, 0.3) is 0 Å². The molecule has 0 spiro atoms. The minimum Gasteiger partial charge on any atom is -0.455 e. The second-order valence-electron chi connectivity index (χ2n) is 5.92. The average molecular weight is 318 g/mol. The van der Waals surface area contributed by atoms with Gasteiger partial charge in [0.2, 0.25) is 5.95 Å². The third-order valence-corrected chi connectivity index (χ3v) is 4.48. The lowest BCUT2D eigenvalue weighted by Gasteiger charge is -2.27. The minimum atomic E-state index is -0.799. The van der Waals surface area contributed by atoms with Gasteiger partial charge in [0.1, 0.15) is 5.60 Å². The van der Waals surface area contributed by atoms with Crippen molar-refractivity contribution in [1.29, 1.82) is 0 Å². The number of halogens is 1. The topological polar surface area (TPSA) is 44.1 Å². The van der Waals surface area contributed by atoms with Crippen molar-refractivity contribution in [1.82, 2.24) is 9.55 Å². The molecule has 0 N–H and O–H groups in total. The van der Waals surface area contributed by atoms with E-state index >= 15 is 0 Å². The van der Waals surface area contributed by atoms with Crippen LogP contribution in [0.2, 0.25) is 0 Å². The Balaban J connectivity index is 2.34. The van der Waals surface area contributed by atoms with E-state index in [4.69, 9.17) is 4.74 Å². The van der Waals surface area contributed by atoms with Gasteiger partial charge < -0.3 is 9.30 Å². The maximum absolute atomic E-state index is 14.1. The molecule has 1 aromatic heterocycles. The number of esters is 1. The van der Waals surface area contributed by atoms with Crippen molar-refractivity contribution < 1.29 is 13.9 Å². The summed E-state index contributed by atoms with van der Waals surface area (Å²) in [6.07, 6.45) is 2.68. The largest absolute Gasteiger partial charge is 0.455 e. The summed E-state index contributed by atoms with van der Waals surface area (Å²) in [7, 11) is 0. The number of hydrogen-bond donors (Lipinski definition) is 0. The fourth-order valence-corrected chi connectivity index (χ4v) is 2.38. The third-order valence-electron chi connectivity index (χ3n) is 4.48. The van der Waals surface area contributed by atoms with Gasteiger partial charge in [-0.1, -0.05) is 44.2 Å². The summed E-state index contributed by atoms with van der Waals surface area (Å²) in [5, 5.41) is 0. The highest BCUT2D eigenvalue weighted by Crippen LogP contribution is 2.25. The summed E-state index contributed by atoms with van der Waals surface area (Å²) >= 11 is 0. The van der Waals surface area contributed by atoms with E-state index in [0.29, 0.717) is 12.8 Å². The van der Waals surface area contributed by atoms with E-state index in [0.717, 1.165) is 5.56 Å². The van der Waals surface area contributed by atoms with E-state index in [1.54, 1.807) is 0 Å². The summed E-state index contributed by atoms with van der Waals surface area (Å²) in [4.78, 5) is 16.2. The smallest absolute Gasteiger partial charge is 0.360 e. The summed E-state index contributed by atoms with van der Waals surface area (Å²) in [6.45, 7) is 7.63. The SMILES string of the molecule is CCC(C)(CC)OC(=O)c1c(F)ncn1[C@H](C)c1ccccc1. The first-order valence-electron chi connectivity index (χ1n) is 7.92. The first-order chi connectivity index (χ1) is 10.9. The number of nitrogens with zero attached hydrogens (tertiary/aromatic N) is 2. The lowest BCUT2D eigenvalue weighted by atomic mass is 10.0. The van der Waals surface area contributed by atoms with Gasteiger partial charge in [-0.3, -0.25) is 0 Å². The molecule has 0 radical (unpaired) electrons. The molecule has 23 heavy (non-hydrogen) atoms. The summed E-state index contributed by atoms with van der Waals surface area (Å²) in [6, 6.07) is 9.36. The molecule has 0 bridgehead atoms. The Kier molecular flexibility index (Phi) is 5.19. The summed E-state index contributed by atoms with van der Waals surface area (Å²) in [5.74, 6) is -1.47. The van der Waals surface area contributed by atoms with Gasteiger partial charge in [0.05, 0.1) is 12.4 Å². The van der Waals surface area contributed by atoms with Crippen LogP contribution in [-0.4, -0.2) is 21.1 Å².